The molecule has 1 fully saturated rings. The van der Waals surface area contributed by atoms with Crippen LogP contribution in [0.3, 0.4) is 0 Å². The van der Waals surface area contributed by atoms with Crippen LogP contribution in [-0.4, -0.2) is 79.6 Å². The molecule has 38 heavy (non-hydrogen) atoms. The van der Waals surface area contributed by atoms with Crippen molar-refractivity contribution in [2.45, 2.75) is 36.8 Å². The quantitative estimate of drug-likeness (QED) is 0.163. The summed E-state index contributed by atoms with van der Waals surface area (Å²) in [6.45, 7) is 0. The lowest BCUT2D eigenvalue weighted by Crippen LogP contribution is -2.58. The van der Waals surface area contributed by atoms with E-state index < -0.39 is 60.4 Å². The molecule has 2 aromatic rings. The minimum atomic E-state index is -2.47. The van der Waals surface area contributed by atoms with Gasteiger partial charge in [-0.3, -0.25) is 0 Å². The van der Waals surface area contributed by atoms with Crippen molar-refractivity contribution in [3.8, 4) is 23.0 Å². The Hall–Kier alpha value is -4.55. The number of phenolic OH excluding ortho intramolecular Hbond substituents is 3. The maximum atomic E-state index is 12.4. The summed E-state index contributed by atoms with van der Waals surface area (Å²) >= 11 is 0. The maximum Gasteiger partial charge on any atom is 0.335 e. The van der Waals surface area contributed by atoms with E-state index in [1.807, 2.05) is 0 Å². The summed E-state index contributed by atoms with van der Waals surface area (Å²) in [5, 5.41) is 59.4. The van der Waals surface area contributed by atoms with Crippen LogP contribution in [0, 0.1) is 0 Å². The molecule has 0 bridgehead atoms. The molecular weight excluding hydrogens is 504 g/mol. The molecule has 12 nitrogen and oxygen atoms in total. The van der Waals surface area contributed by atoms with Crippen LogP contribution in [0.4, 0.5) is 0 Å². The second-order valence-electron chi connectivity index (χ2n) is 8.53. The number of hydrogen-bond acceptors (Lipinski definition) is 11. The van der Waals surface area contributed by atoms with Crippen LogP contribution in [0.25, 0.3) is 12.2 Å². The van der Waals surface area contributed by atoms with Crippen LogP contribution in [0.2, 0.25) is 0 Å². The molecule has 3 rings (SSSR count). The van der Waals surface area contributed by atoms with Gasteiger partial charge in [0.05, 0.1) is 7.11 Å². The summed E-state index contributed by atoms with van der Waals surface area (Å²) in [6, 6.07) is 8.11. The number of carbonyl (C=O) groups excluding carboxylic acids is 2. The van der Waals surface area contributed by atoms with Gasteiger partial charge in [-0.2, -0.15) is 0 Å². The van der Waals surface area contributed by atoms with Crippen LogP contribution in [0.1, 0.15) is 24.0 Å². The van der Waals surface area contributed by atoms with Gasteiger partial charge in [0.25, 0.3) is 0 Å². The minimum absolute atomic E-state index is 0.168. The number of methoxy groups -OCH3 is 1. The molecule has 0 saturated heterocycles. The summed E-state index contributed by atoms with van der Waals surface area (Å²) in [7, 11) is 1.37. The molecule has 1 saturated carbocycles. The second-order valence-corrected chi connectivity index (χ2v) is 8.53. The smallest absolute Gasteiger partial charge is 0.335 e. The maximum absolute atomic E-state index is 12.4. The highest BCUT2D eigenvalue weighted by Gasteiger charge is 2.52. The van der Waals surface area contributed by atoms with Crippen molar-refractivity contribution in [2.24, 2.45) is 0 Å². The predicted molar refractivity (Wildman–Crippen MR) is 130 cm³/mol. The predicted octanol–water partition coefficient (Wildman–Crippen LogP) is 1.33. The molecule has 2 aromatic carbocycles. The zero-order valence-electron chi connectivity index (χ0n) is 20.1. The van der Waals surface area contributed by atoms with Gasteiger partial charge in [0, 0.05) is 25.0 Å². The number of carboxylic acid groups (broad SMARTS) is 1. The number of aromatic hydroxyl groups is 3. The molecule has 0 amide bonds. The molecule has 0 aliphatic heterocycles. The summed E-state index contributed by atoms with van der Waals surface area (Å²) in [5.41, 5.74) is -1.73. The zero-order chi connectivity index (χ0) is 28.0. The van der Waals surface area contributed by atoms with Gasteiger partial charge in [0.1, 0.15) is 18.3 Å². The van der Waals surface area contributed by atoms with E-state index in [9.17, 15) is 45.0 Å². The Morgan fingerprint density at radius 2 is 1.34 bits per heavy atom. The van der Waals surface area contributed by atoms with Gasteiger partial charge in [-0.05, 0) is 47.5 Å². The van der Waals surface area contributed by atoms with E-state index in [4.69, 9.17) is 14.2 Å². The highest BCUT2D eigenvalue weighted by molar-refractivity contribution is 5.88. The Balaban J connectivity index is 1.70. The lowest BCUT2D eigenvalue weighted by molar-refractivity contribution is -0.203. The summed E-state index contributed by atoms with van der Waals surface area (Å²) in [4.78, 5) is 36.4. The number of carbonyl (C=O) groups is 3. The number of rotatable bonds is 8. The average molecular weight is 530 g/mol. The SMILES string of the molecule is COc1ccc(C=CC(=O)O[C@H]2C[C@@](O)(C(=O)O)C[C@@H](OC(=O)C=Cc3ccc(O)c(O)c3)[C@@H]2O)cc1O. The van der Waals surface area contributed by atoms with E-state index in [1.54, 1.807) is 6.07 Å². The van der Waals surface area contributed by atoms with Crippen LogP contribution in [0.15, 0.2) is 48.6 Å². The molecule has 0 heterocycles. The first-order chi connectivity index (χ1) is 17.9. The van der Waals surface area contributed by atoms with Gasteiger partial charge < -0.3 is 44.8 Å². The fraction of sp³-hybridized carbons (Fsp3) is 0.269. The average Bonchev–Trinajstić information content (AvgIpc) is 2.86. The number of aliphatic hydroxyl groups excluding tert-OH is 1. The molecule has 0 spiro atoms. The van der Waals surface area contributed by atoms with Gasteiger partial charge in [-0.1, -0.05) is 12.1 Å². The topological polar surface area (TPSA) is 200 Å². The monoisotopic (exact) mass is 530 g/mol. The molecule has 0 aromatic heterocycles. The number of benzene rings is 2. The molecule has 6 N–H and O–H groups in total. The van der Waals surface area contributed by atoms with E-state index >= 15 is 0 Å². The highest BCUT2D eigenvalue weighted by Crippen LogP contribution is 2.33. The Morgan fingerprint density at radius 1 is 0.842 bits per heavy atom. The molecule has 0 radical (unpaired) electrons. The van der Waals surface area contributed by atoms with Crippen molar-refractivity contribution in [1.29, 1.82) is 0 Å². The van der Waals surface area contributed by atoms with Crippen molar-refractivity contribution < 1.29 is 59.2 Å². The summed E-state index contributed by atoms with van der Waals surface area (Å²) < 4.78 is 15.2. The van der Waals surface area contributed by atoms with E-state index in [-0.39, 0.29) is 17.2 Å². The molecule has 202 valence electrons. The Labute approximate surface area is 216 Å². The fourth-order valence-corrected chi connectivity index (χ4v) is 3.79. The highest BCUT2D eigenvalue weighted by atomic mass is 16.6. The number of esters is 2. The third-order valence-electron chi connectivity index (χ3n) is 5.80. The van der Waals surface area contributed by atoms with Crippen molar-refractivity contribution in [1.82, 2.24) is 0 Å². The van der Waals surface area contributed by atoms with Crippen molar-refractivity contribution in [3.05, 3.63) is 59.7 Å². The molecule has 1 aliphatic carbocycles. The van der Waals surface area contributed by atoms with E-state index in [1.165, 1.54) is 49.6 Å². The van der Waals surface area contributed by atoms with E-state index in [2.05, 4.69) is 0 Å². The van der Waals surface area contributed by atoms with Gasteiger partial charge in [-0.25, -0.2) is 14.4 Å². The van der Waals surface area contributed by atoms with Crippen LogP contribution >= 0.6 is 0 Å². The number of aliphatic hydroxyl groups is 2. The standard InChI is InChI=1S/C26H26O12/c1-36-19-7-3-15(11-18(19)29)5-9-23(31)38-21-13-26(35,25(33)34)12-20(24(21)32)37-22(30)8-4-14-2-6-16(27)17(28)10-14/h2-11,20-21,24,27-29,32,35H,12-13H2,1H3,(H,33,34)/t20-,21+,24+,26-/m1/s1. The fourth-order valence-electron chi connectivity index (χ4n) is 3.79. The van der Waals surface area contributed by atoms with Crippen molar-refractivity contribution >= 4 is 30.1 Å². The second kappa shape index (κ2) is 11.7. The number of hydrogen-bond donors (Lipinski definition) is 6. The molecule has 12 heteroatoms. The summed E-state index contributed by atoms with van der Waals surface area (Å²) in [6.07, 6.45) is -1.64. The van der Waals surface area contributed by atoms with Gasteiger partial charge in [-0.15, -0.1) is 0 Å². The molecular formula is C26H26O12. The normalized spacial score (nSPS) is 23.3. The Morgan fingerprint density at radius 3 is 1.79 bits per heavy atom. The van der Waals surface area contributed by atoms with Gasteiger partial charge in [0.2, 0.25) is 0 Å². The largest absolute Gasteiger partial charge is 0.504 e. The number of carboxylic acids is 1. The van der Waals surface area contributed by atoms with Gasteiger partial charge >= 0.3 is 17.9 Å². The molecule has 0 unspecified atom stereocenters. The third kappa shape index (κ3) is 6.81. The first kappa shape index (κ1) is 28.0. The van der Waals surface area contributed by atoms with Crippen LogP contribution < -0.4 is 4.74 Å². The third-order valence-corrected chi connectivity index (χ3v) is 5.80. The first-order valence-electron chi connectivity index (χ1n) is 11.2. The Bertz CT molecular complexity index is 1270. The molecule has 4 atom stereocenters. The number of phenols is 3. The van der Waals surface area contributed by atoms with E-state index in [0.717, 1.165) is 12.2 Å². The summed E-state index contributed by atoms with van der Waals surface area (Å²) in [5.74, 6) is -4.39. The minimum Gasteiger partial charge on any atom is -0.504 e. The zero-order valence-corrected chi connectivity index (χ0v) is 20.1. The van der Waals surface area contributed by atoms with Crippen LogP contribution in [-0.2, 0) is 23.9 Å². The van der Waals surface area contributed by atoms with Crippen LogP contribution in [0.5, 0.6) is 23.0 Å². The van der Waals surface area contributed by atoms with Crippen molar-refractivity contribution in [3.63, 3.8) is 0 Å². The van der Waals surface area contributed by atoms with Crippen molar-refractivity contribution in [2.75, 3.05) is 7.11 Å². The molecule has 1 aliphatic rings. The van der Waals surface area contributed by atoms with E-state index in [0.29, 0.717) is 11.1 Å². The first-order valence-corrected chi connectivity index (χ1v) is 11.2. The lowest BCUT2D eigenvalue weighted by Gasteiger charge is -2.40. The lowest BCUT2D eigenvalue weighted by atomic mass is 9.79. The van der Waals surface area contributed by atoms with Gasteiger partial charge in [0.15, 0.2) is 28.6 Å². The Kier molecular flexibility index (Phi) is 8.61. The number of ether oxygens (including phenoxy) is 3. The number of aliphatic carboxylic acids is 1.